The molecule has 20 heavy (non-hydrogen) atoms. The maximum absolute atomic E-state index is 4.91. The number of nitrogens with zero attached hydrogens (tertiary/aromatic N) is 2. The minimum atomic E-state index is 0.161. The fraction of sp³-hybridized carbons (Fsp3) is 0.812. The van der Waals surface area contributed by atoms with Crippen molar-refractivity contribution in [1.29, 1.82) is 0 Å². The smallest absolute Gasteiger partial charge is 0.186 e. The molecule has 0 aliphatic carbocycles. The maximum atomic E-state index is 4.91. The second kappa shape index (κ2) is 6.44. The molecule has 0 spiro atoms. The Morgan fingerprint density at radius 2 is 2.10 bits per heavy atom. The zero-order valence-electron chi connectivity index (χ0n) is 13.6. The SMILES string of the molecule is CCc1nc(N2CCCC2CC)sc1CNC(C)(C)C. The molecule has 1 saturated heterocycles. The highest BCUT2D eigenvalue weighted by Crippen LogP contribution is 2.33. The van der Waals surface area contributed by atoms with Gasteiger partial charge in [-0.2, -0.15) is 0 Å². The van der Waals surface area contributed by atoms with Crippen molar-refractivity contribution in [2.24, 2.45) is 0 Å². The van der Waals surface area contributed by atoms with Gasteiger partial charge in [-0.25, -0.2) is 4.98 Å². The molecule has 1 aromatic heterocycles. The highest BCUT2D eigenvalue weighted by atomic mass is 32.1. The molecule has 3 nitrogen and oxygen atoms in total. The molecule has 0 bridgehead atoms. The third-order valence-electron chi connectivity index (χ3n) is 3.98. The normalized spacial score (nSPS) is 19.9. The summed E-state index contributed by atoms with van der Waals surface area (Å²) in [5, 5.41) is 4.84. The van der Waals surface area contributed by atoms with E-state index in [0.717, 1.165) is 13.0 Å². The van der Waals surface area contributed by atoms with E-state index in [1.807, 2.05) is 11.3 Å². The lowest BCUT2D eigenvalue weighted by Crippen LogP contribution is -2.35. The first-order valence-electron chi connectivity index (χ1n) is 7.94. The number of thiazole rings is 1. The average molecular weight is 295 g/mol. The van der Waals surface area contributed by atoms with E-state index in [1.54, 1.807) is 0 Å². The molecular weight excluding hydrogens is 266 g/mol. The van der Waals surface area contributed by atoms with Gasteiger partial charge >= 0.3 is 0 Å². The van der Waals surface area contributed by atoms with Gasteiger partial charge in [-0.1, -0.05) is 13.8 Å². The highest BCUT2D eigenvalue weighted by molar-refractivity contribution is 7.15. The van der Waals surface area contributed by atoms with Crippen molar-refractivity contribution >= 4 is 16.5 Å². The standard InChI is InChI=1S/C16H29N3S/c1-6-12-9-8-10-19(12)15-18-13(7-2)14(20-15)11-17-16(3,4)5/h12,17H,6-11H2,1-5H3. The maximum Gasteiger partial charge on any atom is 0.186 e. The molecule has 1 aromatic rings. The van der Waals surface area contributed by atoms with Crippen LogP contribution in [-0.4, -0.2) is 23.1 Å². The number of hydrogen-bond acceptors (Lipinski definition) is 4. The number of anilines is 1. The number of aryl methyl sites for hydroxylation is 1. The second-order valence-corrected chi connectivity index (χ2v) is 7.78. The van der Waals surface area contributed by atoms with E-state index in [2.05, 4.69) is 44.8 Å². The molecule has 0 amide bonds. The van der Waals surface area contributed by atoms with Gasteiger partial charge in [-0.15, -0.1) is 11.3 Å². The van der Waals surface area contributed by atoms with Crippen molar-refractivity contribution in [3.8, 4) is 0 Å². The molecule has 0 radical (unpaired) electrons. The Bertz CT molecular complexity index is 433. The van der Waals surface area contributed by atoms with E-state index < -0.39 is 0 Å². The number of rotatable bonds is 5. The summed E-state index contributed by atoms with van der Waals surface area (Å²) >= 11 is 1.89. The molecule has 1 N–H and O–H groups in total. The Morgan fingerprint density at radius 3 is 2.70 bits per heavy atom. The van der Waals surface area contributed by atoms with E-state index in [0.29, 0.717) is 6.04 Å². The molecule has 114 valence electrons. The minimum Gasteiger partial charge on any atom is -0.345 e. The van der Waals surface area contributed by atoms with Gasteiger partial charge in [0.2, 0.25) is 0 Å². The van der Waals surface area contributed by atoms with Crippen molar-refractivity contribution in [3.05, 3.63) is 10.6 Å². The molecule has 1 unspecified atom stereocenters. The van der Waals surface area contributed by atoms with Gasteiger partial charge < -0.3 is 10.2 Å². The van der Waals surface area contributed by atoms with Crippen molar-refractivity contribution < 1.29 is 0 Å². The zero-order valence-corrected chi connectivity index (χ0v) is 14.4. The largest absolute Gasteiger partial charge is 0.345 e. The fourth-order valence-electron chi connectivity index (χ4n) is 2.76. The first kappa shape index (κ1) is 15.8. The zero-order chi connectivity index (χ0) is 14.8. The summed E-state index contributed by atoms with van der Waals surface area (Å²) < 4.78 is 0. The third-order valence-corrected chi connectivity index (χ3v) is 5.11. The number of nitrogens with one attached hydrogen (secondary N) is 1. The van der Waals surface area contributed by atoms with Crippen molar-refractivity contribution in [1.82, 2.24) is 10.3 Å². The first-order valence-corrected chi connectivity index (χ1v) is 8.76. The van der Waals surface area contributed by atoms with E-state index in [-0.39, 0.29) is 5.54 Å². The molecule has 1 aliphatic heterocycles. The lowest BCUT2D eigenvalue weighted by Gasteiger charge is -2.22. The predicted octanol–water partition coefficient (Wildman–Crippen LogP) is 3.97. The van der Waals surface area contributed by atoms with Crippen LogP contribution >= 0.6 is 11.3 Å². The summed E-state index contributed by atoms with van der Waals surface area (Å²) in [6.07, 6.45) is 4.90. The van der Waals surface area contributed by atoms with Gasteiger partial charge in [-0.05, 0) is 46.5 Å². The van der Waals surface area contributed by atoms with Crippen molar-refractivity contribution in [3.63, 3.8) is 0 Å². The van der Waals surface area contributed by atoms with Crippen LogP contribution in [0.2, 0.25) is 0 Å². The van der Waals surface area contributed by atoms with Gasteiger partial charge in [0.05, 0.1) is 5.69 Å². The molecule has 0 saturated carbocycles. The van der Waals surface area contributed by atoms with Gasteiger partial charge in [-0.3, -0.25) is 0 Å². The van der Waals surface area contributed by atoms with Crippen LogP contribution in [0.3, 0.4) is 0 Å². The molecule has 2 rings (SSSR count). The Morgan fingerprint density at radius 1 is 1.35 bits per heavy atom. The summed E-state index contributed by atoms with van der Waals surface area (Å²) in [6, 6.07) is 0.703. The Hall–Kier alpha value is -0.610. The summed E-state index contributed by atoms with van der Waals surface area (Å²) in [5.41, 5.74) is 1.44. The fourth-order valence-corrected chi connectivity index (χ4v) is 3.95. The van der Waals surface area contributed by atoms with Crippen molar-refractivity contribution in [2.45, 2.75) is 78.4 Å². The number of hydrogen-bond donors (Lipinski definition) is 1. The molecule has 0 aromatic carbocycles. The van der Waals surface area contributed by atoms with Crippen LogP contribution in [0.1, 0.15) is 64.5 Å². The minimum absolute atomic E-state index is 0.161. The summed E-state index contributed by atoms with van der Waals surface area (Å²) in [5.74, 6) is 0. The predicted molar refractivity (Wildman–Crippen MR) is 88.7 cm³/mol. The van der Waals surface area contributed by atoms with Crippen LogP contribution in [0.4, 0.5) is 5.13 Å². The molecule has 4 heteroatoms. The highest BCUT2D eigenvalue weighted by Gasteiger charge is 2.26. The Balaban J connectivity index is 2.13. The molecule has 1 aliphatic rings. The average Bonchev–Trinajstić information content (AvgIpc) is 3.00. The van der Waals surface area contributed by atoms with Gasteiger partial charge in [0.1, 0.15) is 0 Å². The van der Waals surface area contributed by atoms with Crippen LogP contribution in [0, 0.1) is 0 Å². The van der Waals surface area contributed by atoms with Crippen LogP contribution < -0.4 is 10.2 Å². The van der Waals surface area contributed by atoms with Crippen LogP contribution in [0.5, 0.6) is 0 Å². The van der Waals surface area contributed by atoms with Gasteiger partial charge in [0.15, 0.2) is 5.13 Å². The van der Waals surface area contributed by atoms with Crippen LogP contribution in [0.25, 0.3) is 0 Å². The monoisotopic (exact) mass is 295 g/mol. The quantitative estimate of drug-likeness (QED) is 0.891. The van der Waals surface area contributed by atoms with Gasteiger partial charge in [0, 0.05) is 29.5 Å². The molecular formula is C16H29N3S. The molecule has 2 heterocycles. The second-order valence-electron chi connectivity index (χ2n) is 6.72. The first-order chi connectivity index (χ1) is 9.44. The molecule has 1 atom stereocenters. The lowest BCUT2D eigenvalue weighted by molar-refractivity contribution is 0.425. The van der Waals surface area contributed by atoms with Gasteiger partial charge in [0.25, 0.3) is 0 Å². The van der Waals surface area contributed by atoms with E-state index >= 15 is 0 Å². The Labute approximate surface area is 127 Å². The topological polar surface area (TPSA) is 28.2 Å². The van der Waals surface area contributed by atoms with Crippen LogP contribution in [0.15, 0.2) is 0 Å². The summed E-state index contributed by atoms with van der Waals surface area (Å²) in [6.45, 7) is 13.3. The number of aromatic nitrogens is 1. The van der Waals surface area contributed by atoms with E-state index in [4.69, 9.17) is 4.98 Å². The van der Waals surface area contributed by atoms with Crippen molar-refractivity contribution in [2.75, 3.05) is 11.4 Å². The summed E-state index contributed by atoms with van der Waals surface area (Å²) in [4.78, 5) is 8.86. The van der Waals surface area contributed by atoms with E-state index in [9.17, 15) is 0 Å². The lowest BCUT2D eigenvalue weighted by atomic mass is 10.1. The third kappa shape index (κ3) is 3.73. The Kier molecular flexibility index (Phi) is 5.08. The molecule has 1 fully saturated rings. The summed E-state index contributed by atoms with van der Waals surface area (Å²) in [7, 11) is 0. The van der Waals surface area contributed by atoms with Crippen LogP contribution in [-0.2, 0) is 13.0 Å². The van der Waals surface area contributed by atoms with E-state index in [1.165, 1.54) is 41.5 Å².